The van der Waals surface area contributed by atoms with Gasteiger partial charge in [-0.1, -0.05) is 5.16 Å². The highest BCUT2D eigenvalue weighted by Crippen LogP contribution is 2.14. The fraction of sp³-hybridized carbons (Fsp3) is 0. The maximum Gasteiger partial charge on any atom is 0.360 e. The molecule has 0 aliphatic rings. The first-order chi connectivity index (χ1) is 5.79. The second kappa shape index (κ2) is 2.30. The number of carboxylic acids is 1. The maximum atomic E-state index is 10.5. The SMILES string of the molecule is O=C(O)c1noc2cccnc12. The van der Waals surface area contributed by atoms with Crippen molar-refractivity contribution in [3.63, 3.8) is 0 Å². The lowest BCUT2D eigenvalue weighted by molar-refractivity contribution is 0.0687. The number of nitrogens with zero attached hydrogens (tertiary/aromatic N) is 2. The van der Waals surface area contributed by atoms with Crippen molar-refractivity contribution in [1.29, 1.82) is 0 Å². The number of carboxylic acid groups (broad SMARTS) is 1. The van der Waals surface area contributed by atoms with Gasteiger partial charge in [0.15, 0.2) is 5.58 Å². The van der Waals surface area contributed by atoms with Crippen LogP contribution in [0.25, 0.3) is 11.1 Å². The second-order valence-electron chi connectivity index (χ2n) is 2.19. The number of aromatic nitrogens is 2. The molecule has 0 fully saturated rings. The van der Waals surface area contributed by atoms with Crippen molar-refractivity contribution in [1.82, 2.24) is 10.1 Å². The summed E-state index contributed by atoms with van der Waals surface area (Å²) in [6.07, 6.45) is 1.49. The van der Waals surface area contributed by atoms with Gasteiger partial charge in [0, 0.05) is 6.20 Å². The highest BCUT2D eigenvalue weighted by Gasteiger charge is 2.14. The topological polar surface area (TPSA) is 76.2 Å². The first kappa shape index (κ1) is 6.78. The Bertz CT molecular complexity index is 435. The summed E-state index contributed by atoms with van der Waals surface area (Å²) in [4.78, 5) is 14.3. The van der Waals surface area contributed by atoms with Gasteiger partial charge in [0.1, 0.15) is 5.52 Å². The lowest BCUT2D eigenvalue weighted by atomic mass is 10.3. The standard InChI is InChI=1S/C7H4N2O3/c10-7(11)6-5-4(12-9-6)2-1-3-8-5/h1-3H,(H,10,11). The van der Waals surface area contributed by atoms with Crippen LogP contribution in [0, 0.1) is 0 Å². The van der Waals surface area contributed by atoms with E-state index in [9.17, 15) is 4.79 Å². The second-order valence-corrected chi connectivity index (χ2v) is 2.19. The Morgan fingerprint density at radius 2 is 2.42 bits per heavy atom. The molecule has 0 atom stereocenters. The molecule has 12 heavy (non-hydrogen) atoms. The van der Waals surface area contributed by atoms with E-state index in [-0.39, 0.29) is 11.2 Å². The molecule has 0 saturated heterocycles. The largest absolute Gasteiger partial charge is 0.476 e. The molecule has 0 unspecified atom stereocenters. The van der Waals surface area contributed by atoms with Crippen molar-refractivity contribution in [2.45, 2.75) is 0 Å². The molecule has 0 saturated carbocycles. The number of fused-ring (bicyclic) bond motifs is 1. The van der Waals surface area contributed by atoms with Crippen LogP contribution in [0.5, 0.6) is 0 Å². The minimum Gasteiger partial charge on any atom is -0.476 e. The average molecular weight is 164 g/mol. The van der Waals surface area contributed by atoms with E-state index in [0.29, 0.717) is 5.58 Å². The Balaban J connectivity index is 2.79. The molecule has 0 aliphatic carbocycles. The van der Waals surface area contributed by atoms with Crippen LogP contribution in [0.4, 0.5) is 0 Å². The van der Waals surface area contributed by atoms with Gasteiger partial charge in [0.25, 0.3) is 0 Å². The van der Waals surface area contributed by atoms with E-state index < -0.39 is 5.97 Å². The van der Waals surface area contributed by atoms with Gasteiger partial charge in [0.05, 0.1) is 0 Å². The maximum absolute atomic E-state index is 10.5. The molecule has 0 amide bonds. The predicted molar refractivity (Wildman–Crippen MR) is 38.8 cm³/mol. The molecule has 60 valence electrons. The van der Waals surface area contributed by atoms with E-state index in [4.69, 9.17) is 9.63 Å². The van der Waals surface area contributed by atoms with Gasteiger partial charge in [-0.3, -0.25) is 4.98 Å². The summed E-state index contributed by atoms with van der Waals surface area (Å²) in [5, 5.41) is 12.0. The molecule has 0 aromatic carbocycles. The zero-order chi connectivity index (χ0) is 8.55. The highest BCUT2D eigenvalue weighted by atomic mass is 16.5. The first-order valence-corrected chi connectivity index (χ1v) is 3.23. The van der Waals surface area contributed by atoms with Crippen LogP contribution in [0.3, 0.4) is 0 Å². The Labute approximate surface area is 66.6 Å². The molecule has 1 N–H and O–H groups in total. The summed E-state index contributed by atoms with van der Waals surface area (Å²) in [5.41, 5.74) is 0.519. The molecule has 2 heterocycles. The minimum absolute atomic E-state index is 0.148. The van der Waals surface area contributed by atoms with Gasteiger partial charge in [-0.25, -0.2) is 4.79 Å². The smallest absolute Gasteiger partial charge is 0.360 e. The minimum atomic E-state index is -1.13. The zero-order valence-corrected chi connectivity index (χ0v) is 5.89. The van der Waals surface area contributed by atoms with Gasteiger partial charge in [-0.05, 0) is 12.1 Å². The van der Waals surface area contributed by atoms with Crippen molar-refractivity contribution in [3.8, 4) is 0 Å². The van der Waals surface area contributed by atoms with Crippen LogP contribution in [0.1, 0.15) is 10.5 Å². The van der Waals surface area contributed by atoms with Crippen LogP contribution in [-0.4, -0.2) is 21.2 Å². The fourth-order valence-corrected chi connectivity index (χ4v) is 0.920. The Morgan fingerprint density at radius 3 is 3.17 bits per heavy atom. The van der Waals surface area contributed by atoms with Crippen molar-refractivity contribution in [2.75, 3.05) is 0 Å². The molecule has 2 aromatic rings. The summed E-state index contributed by atoms with van der Waals surface area (Å²) >= 11 is 0. The molecule has 2 rings (SSSR count). The van der Waals surface area contributed by atoms with Crippen LogP contribution >= 0.6 is 0 Å². The molecule has 0 bridgehead atoms. The third-order valence-corrected chi connectivity index (χ3v) is 1.43. The van der Waals surface area contributed by atoms with E-state index in [1.54, 1.807) is 12.1 Å². The molecular formula is C7H4N2O3. The molecule has 5 nitrogen and oxygen atoms in total. The van der Waals surface area contributed by atoms with E-state index in [1.165, 1.54) is 6.20 Å². The molecule has 2 aromatic heterocycles. The van der Waals surface area contributed by atoms with Crippen LogP contribution < -0.4 is 0 Å². The molecule has 0 aliphatic heterocycles. The number of hydrogen-bond donors (Lipinski definition) is 1. The predicted octanol–water partition coefficient (Wildman–Crippen LogP) is 0.921. The van der Waals surface area contributed by atoms with E-state index in [1.807, 2.05) is 0 Å². The number of aromatic carboxylic acids is 1. The highest BCUT2D eigenvalue weighted by molar-refractivity contribution is 5.97. The monoisotopic (exact) mass is 164 g/mol. The first-order valence-electron chi connectivity index (χ1n) is 3.23. The number of hydrogen-bond acceptors (Lipinski definition) is 4. The van der Waals surface area contributed by atoms with Crippen molar-refractivity contribution in [3.05, 3.63) is 24.0 Å². The summed E-state index contributed by atoms with van der Waals surface area (Å²) in [6, 6.07) is 3.26. The Kier molecular flexibility index (Phi) is 1.30. The number of rotatable bonds is 1. The molecule has 0 radical (unpaired) electrons. The summed E-state index contributed by atoms with van der Waals surface area (Å²) in [5.74, 6) is -1.13. The number of carbonyl (C=O) groups is 1. The van der Waals surface area contributed by atoms with Gasteiger partial charge in [0.2, 0.25) is 5.69 Å². The van der Waals surface area contributed by atoms with Gasteiger partial charge >= 0.3 is 5.97 Å². The van der Waals surface area contributed by atoms with E-state index >= 15 is 0 Å². The summed E-state index contributed by atoms with van der Waals surface area (Å²) in [7, 11) is 0. The molecule has 0 spiro atoms. The third kappa shape index (κ3) is 0.833. The van der Waals surface area contributed by atoms with Crippen molar-refractivity contribution >= 4 is 17.1 Å². The lowest BCUT2D eigenvalue weighted by Crippen LogP contribution is -1.97. The molecule has 5 heteroatoms. The summed E-state index contributed by atoms with van der Waals surface area (Å²) < 4.78 is 4.72. The van der Waals surface area contributed by atoms with Gasteiger partial charge in [-0.2, -0.15) is 0 Å². The number of pyridine rings is 1. The van der Waals surface area contributed by atoms with Crippen LogP contribution in [-0.2, 0) is 0 Å². The van der Waals surface area contributed by atoms with Gasteiger partial charge < -0.3 is 9.63 Å². The zero-order valence-electron chi connectivity index (χ0n) is 5.89. The Hall–Kier alpha value is -1.91. The fourth-order valence-electron chi connectivity index (χ4n) is 0.920. The quantitative estimate of drug-likeness (QED) is 0.678. The summed E-state index contributed by atoms with van der Waals surface area (Å²) in [6.45, 7) is 0. The normalized spacial score (nSPS) is 10.3. The van der Waals surface area contributed by atoms with Gasteiger partial charge in [-0.15, -0.1) is 0 Å². The average Bonchev–Trinajstić information content (AvgIpc) is 2.47. The van der Waals surface area contributed by atoms with Crippen molar-refractivity contribution < 1.29 is 14.4 Å². The Morgan fingerprint density at radius 1 is 1.58 bits per heavy atom. The molecular weight excluding hydrogens is 160 g/mol. The lowest BCUT2D eigenvalue weighted by Gasteiger charge is -1.84. The van der Waals surface area contributed by atoms with E-state index in [0.717, 1.165) is 0 Å². The van der Waals surface area contributed by atoms with Crippen LogP contribution in [0.2, 0.25) is 0 Å². The van der Waals surface area contributed by atoms with Crippen molar-refractivity contribution in [2.24, 2.45) is 0 Å². The van der Waals surface area contributed by atoms with Crippen LogP contribution in [0.15, 0.2) is 22.9 Å². The third-order valence-electron chi connectivity index (χ3n) is 1.43. The van der Waals surface area contributed by atoms with E-state index in [2.05, 4.69) is 10.1 Å².